The van der Waals surface area contributed by atoms with Crippen molar-refractivity contribution in [2.24, 2.45) is 0 Å². The van der Waals surface area contributed by atoms with Crippen LogP contribution >= 0.6 is 0 Å². The lowest BCUT2D eigenvalue weighted by Crippen LogP contribution is -2.74. The van der Waals surface area contributed by atoms with E-state index in [1.165, 1.54) is 0 Å². The summed E-state index contributed by atoms with van der Waals surface area (Å²) in [4.78, 5) is 0. The molecule has 2 aromatic carbocycles. The zero-order chi connectivity index (χ0) is 36.8. The van der Waals surface area contributed by atoms with Crippen molar-refractivity contribution < 1.29 is 79.7 Å². The largest absolute Gasteiger partial charge is 0.495 e. The number of methoxy groups -OCH3 is 2. The van der Waals surface area contributed by atoms with Gasteiger partial charge in [-0.3, -0.25) is 0 Å². The molecule has 4 nitrogen and oxygen atoms in total. The van der Waals surface area contributed by atoms with E-state index in [0.717, 1.165) is 14.2 Å². The topological polar surface area (TPSA) is 70.5 Å². The van der Waals surface area contributed by atoms with Gasteiger partial charge in [-0.2, -0.15) is 70.2 Å². The van der Waals surface area contributed by atoms with Gasteiger partial charge in [-0.25, -0.2) is 0 Å². The summed E-state index contributed by atoms with van der Waals surface area (Å²) in [5, 5.41) is 0. The maximum absolute atomic E-state index is 15.0. The van der Waals surface area contributed by atoms with Crippen molar-refractivity contribution in [2.45, 2.75) is 84.9 Å². The standard InChI is InChI=1S/C28H24F16N2O2/c1-47-17-9-13(7-15(19(17)45)11-3-4-11)21(29,30)23(33,34)25(37,38)27(41,42)28(43,44)26(39,40)24(35,36)22(31,32)14-8-16(12-5-6-12)20(46)18(10-14)48-2/h7-12H,3-6,45-46H2,1-2H3. The fraction of sp³-hybridized carbons (Fsp3) is 0.571. The number of hydrogen-bond acceptors (Lipinski definition) is 4. The lowest BCUT2D eigenvalue weighted by molar-refractivity contribution is -0.456. The highest BCUT2D eigenvalue weighted by molar-refractivity contribution is 5.64. The summed E-state index contributed by atoms with van der Waals surface area (Å²) in [6.07, 6.45) is 0.771. The third kappa shape index (κ3) is 4.96. The van der Waals surface area contributed by atoms with Crippen LogP contribution < -0.4 is 20.9 Å². The average molecular weight is 724 g/mol. The van der Waals surface area contributed by atoms with Gasteiger partial charge >= 0.3 is 47.4 Å². The molecule has 0 spiro atoms. The van der Waals surface area contributed by atoms with Gasteiger partial charge in [0.25, 0.3) is 0 Å². The van der Waals surface area contributed by atoms with E-state index in [2.05, 4.69) is 9.47 Å². The van der Waals surface area contributed by atoms with E-state index in [9.17, 15) is 52.7 Å². The molecule has 2 aromatic rings. The Balaban J connectivity index is 1.80. The molecule has 0 radical (unpaired) electrons. The second-order valence-corrected chi connectivity index (χ2v) is 11.5. The fourth-order valence-corrected chi connectivity index (χ4v) is 5.01. The Hall–Kier alpha value is -3.48. The van der Waals surface area contributed by atoms with Gasteiger partial charge in [0.1, 0.15) is 11.5 Å². The Morgan fingerprint density at radius 3 is 0.938 bits per heavy atom. The van der Waals surface area contributed by atoms with E-state index in [1.807, 2.05) is 0 Å². The van der Waals surface area contributed by atoms with Crippen LogP contribution in [0.25, 0.3) is 0 Å². The minimum Gasteiger partial charge on any atom is -0.495 e. The molecule has 48 heavy (non-hydrogen) atoms. The molecule has 2 saturated carbocycles. The van der Waals surface area contributed by atoms with Crippen LogP contribution in [-0.4, -0.2) is 49.8 Å². The minimum absolute atomic E-state index is 0.0376. The van der Waals surface area contributed by atoms with Gasteiger partial charge in [0.05, 0.1) is 25.6 Å². The zero-order valence-electron chi connectivity index (χ0n) is 24.3. The van der Waals surface area contributed by atoms with Crippen molar-refractivity contribution in [2.75, 3.05) is 25.7 Å². The summed E-state index contributed by atoms with van der Waals surface area (Å²) < 4.78 is 246. The van der Waals surface area contributed by atoms with Crippen LogP contribution in [0.15, 0.2) is 24.3 Å². The molecule has 2 fully saturated rings. The Bertz CT molecular complexity index is 1450. The average Bonchev–Trinajstić information content (AvgIpc) is 3.91. The number of anilines is 2. The maximum atomic E-state index is 15.0. The van der Waals surface area contributed by atoms with Crippen molar-refractivity contribution in [3.63, 3.8) is 0 Å². The van der Waals surface area contributed by atoms with Crippen molar-refractivity contribution in [1.82, 2.24) is 0 Å². The normalized spacial score (nSPS) is 17.5. The van der Waals surface area contributed by atoms with Crippen LogP contribution in [0.5, 0.6) is 11.5 Å². The minimum atomic E-state index is -8.56. The molecule has 4 N–H and O–H groups in total. The Morgan fingerprint density at radius 1 is 0.458 bits per heavy atom. The highest BCUT2D eigenvalue weighted by atomic mass is 19.4. The molecule has 4 rings (SSSR count). The number of rotatable bonds is 13. The van der Waals surface area contributed by atoms with Crippen molar-refractivity contribution in [1.29, 1.82) is 0 Å². The molecule has 0 atom stereocenters. The van der Waals surface area contributed by atoms with Gasteiger partial charge in [-0.15, -0.1) is 0 Å². The van der Waals surface area contributed by atoms with Crippen LogP contribution in [0, 0.1) is 0 Å². The van der Waals surface area contributed by atoms with E-state index in [4.69, 9.17) is 11.5 Å². The molecular weight excluding hydrogens is 700 g/mol. The molecular formula is C28H24F16N2O2. The second kappa shape index (κ2) is 11.0. The van der Waals surface area contributed by atoms with Gasteiger partial charge in [0, 0.05) is 11.1 Å². The summed E-state index contributed by atoms with van der Waals surface area (Å²) in [6, 6.07) is -0.227. The highest BCUT2D eigenvalue weighted by Gasteiger charge is 2.95. The number of benzene rings is 2. The predicted molar refractivity (Wildman–Crippen MR) is 136 cm³/mol. The molecule has 0 unspecified atom stereocenters. The van der Waals surface area contributed by atoms with E-state index in [-0.39, 0.29) is 49.9 Å². The lowest BCUT2D eigenvalue weighted by Gasteiger charge is -2.44. The second-order valence-electron chi connectivity index (χ2n) is 11.5. The van der Waals surface area contributed by atoms with Gasteiger partial charge in [-0.05, 0) is 72.9 Å². The summed E-state index contributed by atoms with van der Waals surface area (Å²) >= 11 is 0. The van der Waals surface area contributed by atoms with Crippen molar-refractivity contribution >= 4 is 11.4 Å². The fourth-order valence-electron chi connectivity index (χ4n) is 5.01. The molecule has 0 bridgehead atoms. The highest BCUT2D eigenvalue weighted by Crippen LogP contribution is 2.66. The Morgan fingerprint density at radius 2 is 0.708 bits per heavy atom. The predicted octanol–water partition coefficient (Wildman–Crippen LogP) is 9.32. The van der Waals surface area contributed by atoms with E-state index >= 15 is 17.6 Å². The molecule has 0 saturated heterocycles. The smallest absolute Gasteiger partial charge is 0.385 e. The van der Waals surface area contributed by atoms with E-state index < -0.39 is 104 Å². The Labute approximate surface area is 260 Å². The van der Waals surface area contributed by atoms with Crippen LogP contribution in [0.4, 0.5) is 81.6 Å². The molecule has 0 aromatic heterocycles. The van der Waals surface area contributed by atoms with Gasteiger partial charge in [0.15, 0.2) is 0 Å². The van der Waals surface area contributed by atoms with E-state index in [0.29, 0.717) is 0 Å². The molecule has 270 valence electrons. The molecule has 20 heteroatoms. The number of nitrogen functional groups attached to an aromatic ring is 2. The van der Waals surface area contributed by atoms with Crippen LogP contribution in [0.3, 0.4) is 0 Å². The summed E-state index contributed by atoms with van der Waals surface area (Å²) in [5.74, 6) is -65.9. The first-order chi connectivity index (χ1) is 21.6. The van der Waals surface area contributed by atoms with Crippen molar-refractivity contribution in [3.8, 4) is 11.5 Å². The molecule has 2 aliphatic carbocycles. The summed E-state index contributed by atoms with van der Waals surface area (Å²) in [6.45, 7) is 0. The first-order valence-electron chi connectivity index (χ1n) is 13.6. The monoisotopic (exact) mass is 724 g/mol. The van der Waals surface area contributed by atoms with Crippen LogP contribution in [0.1, 0.15) is 59.8 Å². The SMILES string of the molecule is COc1cc(C(F)(F)C(F)(F)C(F)(F)C(F)(F)C(F)(F)C(F)(F)C(F)(F)C(F)(F)c2cc(OC)c(N)c(C3CC3)c2)cc(C2CC2)c1N. The van der Waals surface area contributed by atoms with Gasteiger partial charge in [-0.1, -0.05) is 0 Å². The molecule has 2 aliphatic rings. The van der Waals surface area contributed by atoms with E-state index in [1.54, 1.807) is 0 Å². The first-order valence-corrected chi connectivity index (χ1v) is 13.6. The van der Waals surface area contributed by atoms with Crippen LogP contribution in [-0.2, 0) is 11.8 Å². The number of hydrogen-bond donors (Lipinski definition) is 2. The maximum Gasteiger partial charge on any atom is 0.385 e. The summed E-state index contributed by atoms with van der Waals surface area (Å²) in [5.41, 5.74) is 4.87. The third-order valence-electron chi connectivity index (χ3n) is 8.31. The van der Waals surface area contributed by atoms with Crippen LogP contribution in [0.2, 0.25) is 0 Å². The number of halogens is 16. The lowest BCUT2D eigenvalue weighted by atomic mass is 9.84. The quantitative estimate of drug-likeness (QED) is 0.160. The Kier molecular flexibility index (Phi) is 8.57. The van der Waals surface area contributed by atoms with Gasteiger partial charge < -0.3 is 20.9 Å². The molecule has 0 amide bonds. The molecule has 0 heterocycles. The number of alkyl halides is 16. The molecule has 0 aliphatic heterocycles. The first kappa shape index (κ1) is 37.3. The number of nitrogens with two attached hydrogens (primary N) is 2. The third-order valence-corrected chi connectivity index (χ3v) is 8.31. The zero-order valence-corrected chi connectivity index (χ0v) is 24.3. The summed E-state index contributed by atoms with van der Waals surface area (Å²) in [7, 11) is 1.47. The van der Waals surface area contributed by atoms with Crippen molar-refractivity contribution in [3.05, 3.63) is 46.5 Å². The number of ether oxygens (including phenoxy) is 2. The van der Waals surface area contributed by atoms with Gasteiger partial charge in [0.2, 0.25) is 0 Å².